The first-order valence-electron chi connectivity index (χ1n) is 4.54. The van der Waals surface area contributed by atoms with E-state index in [0.717, 1.165) is 25.0 Å². The van der Waals surface area contributed by atoms with E-state index in [0.29, 0.717) is 6.04 Å². The molecule has 0 saturated heterocycles. The summed E-state index contributed by atoms with van der Waals surface area (Å²) in [6.07, 6.45) is 4.96. The number of nitrogens with two attached hydrogens (primary N) is 1. The van der Waals surface area contributed by atoms with Crippen LogP contribution in [0.5, 0.6) is 0 Å². The van der Waals surface area contributed by atoms with Crippen molar-refractivity contribution in [1.82, 2.24) is 10.6 Å². The van der Waals surface area contributed by atoms with Gasteiger partial charge >= 0.3 is 0 Å². The second-order valence-electron chi connectivity index (χ2n) is 2.87. The lowest BCUT2D eigenvalue weighted by molar-refractivity contribution is 0.502. The summed E-state index contributed by atoms with van der Waals surface area (Å²) in [5, 5.41) is 6.32. The lowest BCUT2D eigenvalue weighted by atomic mass is 10.1. The fraction of sp³-hybridized carbons (Fsp3) is 0.778. The van der Waals surface area contributed by atoms with Gasteiger partial charge in [-0.15, -0.1) is 0 Å². The van der Waals surface area contributed by atoms with E-state index in [1.807, 2.05) is 14.1 Å². The van der Waals surface area contributed by atoms with Gasteiger partial charge in [-0.3, -0.25) is 0 Å². The molecule has 0 radical (unpaired) electrons. The van der Waals surface area contributed by atoms with Gasteiger partial charge in [-0.05, 0) is 26.3 Å². The Morgan fingerprint density at radius 3 is 2.50 bits per heavy atom. The second-order valence-corrected chi connectivity index (χ2v) is 2.87. The molecule has 1 atom stereocenters. The monoisotopic (exact) mass is 171 g/mol. The lowest BCUT2D eigenvalue weighted by Gasteiger charge is -2.14. The van der Waals surface area contributed by atoms with E-state index in [1.54, 1.807) is 6.20 Å². The number of hydrogen-bond donors (Lipinski definition) is 3. The molecule has 0 fully saturated rings. The minimum Gasteiger partial charge on any atom is -0.403 e. The van der Waals surface area contributed by atoms with Crippen LogP contribution >= 0.6 is 0 Å². The predicted molar refractivity (Wildman–Crippen MR) is 53.7 cm³/mol. The van der Waals surface area contributed by atoms with Crippen LogP contribution in [0.25, 0.3) is 0 Å². The molecule has 0 saturated carbocycles. The van der Waals surface area contributed by atoms with E-state index in [1.165, 1.54) is 0 Å². The third-order valence-corrected chi connectivity index (χ3v) is 2.19. The molecule has 72 valence electrons. The van der Waals surface area contributed by atoms with Gasteiger partial charge in [-0.1, -0.05) is 6.92 Å². The zero-order chi connectivity index (χ0) is 9.40. The van der Waals surface area contributed by atoms with Gasteiger partial charge in [0.1, 0.15) is 0 Å². The van der Waals surface area contributed by atoms with Gasteiger partial charge in [0.25, 0.3) is 0 Å². The largest absolute Gasteiger partial charge is 0.403 e. The van der Waals surface area contributed by atoms with Crippen molar-refractivity contribution in [3.63, 3.8) is 0 Å². The Kier molecular flexibility index (Phi) is 6.57. The average Bonchev–Trinajstić information content (AvgIpc) is 2.13. The number of allylic oxidation sites excluding steroid dienone is 1. The summed E-state index contributed by atoms with van der Waals surface area (Å²) in [5.74, 6) is 0. The highest BCUT2D eigenvalue weighted by Gasteiger charge is 2.03. The first-order valence-corrected chi connectivity index (χ1v) is 4.54. The minimum atomic E-state index is 0.605. The summed E-state index contributed by atoms with van der Waals surface area (Å²) >= 11 is 0. The Morgan fingerprint density at radius 1 is 1.50 bits per heavy atom. The fourth-order valence-electron chi connectivity index (χ4n) is 1.17. The summed E-state index contributed by atoms with van der Waals surface area (Å²) in [7, 11) is 3.90. The van der Waals surface area contributed by atoms with Gasteiger partial charge in [0.05, 0.1) is 0 Å². The maximum absolute atomic E-state index is 5.41. The molecule has 0 aromatic carbocycles. The molecule has 0 aromatic heterocycles. The highest BCUT2D eigenvalue weighted by Crippen LogP contribution is 2.05. The molecule has 0 heterocycles. The first-order chi connectivity index (χ1) is 5.78. The van der Waals surface area contributed by atoms with Crippen LogP contribution in [-0.2, 0) is 0 Å². The third kappa shape index (κ3) is 4.23. The molecular formula is C9H21N3. The van der Waals surface area contributed by atoms with Crippen molar-refractivity contribution < 1.29 is 0 Å². The quantitative estimate of drug-likeness (QED) is 0.553. The Morgan fingerprint density at radius 2 is 2.17 bits per heavy atom. The summed E-state index contributed by atoms with van der Waals surface area (Å²) in [5.41, 5.74) is 6.52. The fourth-order valence-corrected chi connectivity index (χ4v) is 1.17. The molecule has 0 aliphatic rings. The molecule has 4 N–H and O–H groups in total. The Balaban J connectivity index is 3.64. The zero-order valence-corrected chi connectivity index (χ0v) is 8.35. The van der Waals surface area contributed by atoms with Crippen LogP contribution in [0.1, 0.15) is 26.2 Å². The van der Waals surface area contributed by atoms with E-state index in [-0.39, 0.29) is 0 Å². The van der Waals surface area contributed by atoms with Gasteiger partial charge in [0.15, 0.2) is 0 Å². The Labute approximate surface area is 75.4 Å². The number of hydrogen-bond acceptors (Lipinski definition) is 3. The molecule has 3 nitrogen and oxygen atoms in total. The summed E-state index contributed by atoms with van der Waals surface area (Å²) < 4.78 is 0. The SMILES string of the molecule is CCC(CC/C(=C/N)NC)NC. The van der Waals surface area contributed by atoms with Crippen LogP contribution in [0.3, 0.4) is 0 Å². The predicted octanol–water partition coefficient (Wildman–Crippen LogP) is 0.784. The molecule has 1 unspecified atom stereocenters. The van der Waals surface area contributed by atoms with Crippen molar-refractivity contribution in [2.45, 2.75) is 32.2 Å². The maximum atomic E-state index is 5.41. The molecule has 12 heavy (non-hydrogen) atoms. The van der Waals surface area contributed by atoms with Crippen LogP contribution in [-0.4, -0.2) is 20.1 Å². The van der Waals surface area contributed by atoms with Crippen molar-refractivity contribution in [2.24, 2.45) is 5.73 Å². The average molecular weight is 171 g/mol. The van der Waals surface area contributed by atoms with Gasteiger partial charge in [-0.25, -0.2) is 0 Å². The van der Waals surface area contributed by atoms with Gasteiger partial charge in [0.2, 0.25) is 0 Å². The van der Waals surface area contributed by atoms with Crippen molar-refractivity contribution in [3.05, 3.63) is 11.9 Å². The van der Waals surface area contributed by atoms with E-state index < -0.39 is 0 Å². The normalized spacial score (nSPS) is 14.4. The van der Waals surface area contributed by atoms with E-state index in [2.05, 4.69) is 17.6 Å². The van der Waals surface area contributed by atoms with Crippen LogP contribution in [0.2, 0.25) is 0 Å². The van der Waals surface area contributed by atoms with Crippen LogP contribution in [0.4, 0.5) is 0 Å². The summed E-state index contributed by atoms with van der Waals surface area (Å²) in [6.45, 7) is 2.19. The number of nitrogens with one attached hydrogen (secondary N) is 2. The molecular weight excluding hydrogens is 150 g/mol. The van der Waals surface area contributed by atoms with Crippen molar-refractivity contribution >= 4 is 0 Å². The van der Waals surface area contributed by atoms with Crippen molar-refractivity contribution in [3.8, 4) is 0 Å². The van der Waals surface area contributed by atoms with Gasteiger partial charge in [-0.2, -0.15) is 0 Å². The van der Waals surface area contributed by atoms with Crippen LogP contribution < -0.4 is 16.4 Å². The second kappa shape index (κ2) is 6.98. The third-order valence-electron chi connectivity index (χ3n) is 2.19. The molecule has 0 spiro atoms. The maximum Gasteiger partial charge on any atom is 0.0262 e. The van der Waals surface area contributed by atoms with Crippen molar-refractivity contribution in [2.75, 3.05) is 14.1 Å². The summed E-state index contributed by atoms with van der Waals surface area (Å²) in [6, 6.07) is 0.605. The molecule has 0 aliphatic carbocycles. The molecule has 0 rings (SSSR count). The van der Waals surface area contributed by atoms with Gasteiger partial charge in [0, 0.05) is 25.0 Å². The minimum absolute atomic E-state index is 0.605. The van der Waals surface area contributed by atoms with Gasteiger partial charge < -0.3 is 16.4 Å². The number of rotatable bonds is 6. The van der Waals surface area contributed by atoms with E-state index >= 15 is 0 Å². The Bertz CT molecular complexity index is 128. The molecule has 3 heteroatoms. The molecule has 0 aromatic rings. The highest BCUT2D eigenvalue weighted by atomic mass is 14.9. The zero-order valence-electron chi connectivity index (χ0n) is 8.35. The first kappa shape index (κ1) is 11.3. The molecule has 0 bridgehead atoms. The van der Waals surface area contributed by atoms with E-state index in [9.17, 15) is 0 Å². The van der Waals surface area contributed by atoms with Crippen molar-refractivity contribution in [1.29, 1.82) is 0 Å². The van der Waals surface area contributed by atoms with Crippen LogP contribution in [0, 0.1) is 0 Å². The topological polar surface area (TPSA) is 50.1 Å². The van der Waals surface area contributed by atoms with Crippen LogP contribution in [0.15, 0.2) is 11.9 Å². The molecule has 0 amide bonds. The standard InChI is InChI=1S/C9H21N3/c1-4-8(11-2)5-6-9(7-10)12-3/h7-8,11-12H,4-6,10H2,1-3H3/b9-7-. The highest BCUT2D eigenvalue weighted by molar-refractivity contribution is 4.96. The lowest BCUT2D eigenvalue weighted by Crippen LogP contribution is -2.25. The summed E-state index contributed by atoms with van der Waals surface area (Å²) in [4.78, 5) is 0. The molecule has 0 aliphatic heterocycles. The smallest absolute Gasteiger partial charge is 0.0262 e. The van der Waals surface area contributed by atoms with E-state index in [4.69, 9.17) is 5.73 Å². The Hall–Kier alpha value is -0.700.